The van der Waals surface area contributed by atoms with Gasteiger partial charge >= 0.3 is 0 Å². The monoisotopic (exact) mass is 288 g/mol. The van der Waals surface area contributed by atoms with E-state index in [1.807, 2.05) is 24.3 Å². The number of halogens is 2. The molecule has 0 atom stereocenters. The van der Waals surface area contributed by atoms with E-state index in [-0.39, 0.29) is 0 Å². The molecule has 0 saturated carbocycles. The Morgan fingerprint density at radius 2 is 1.32 bits per heavy atom. The van der Waals surface area contributed by atoms with Crippen LogP contribution in [0.5, 0.6) is 0 Å². The van der Waals surface area contributed by atoms with Crippen LogP contribution in [-0.2, 0) is 0 Å². The normalized spacial score (nSPS) is 10.6. The van der Waals surface area contributed by atoms with Crippen molar-refractivity contribution in [2.75, 3.05) is 0 Å². The van der Waals surface area contributed by atoms with Crippen molar-refractivity contribution in [3.8, 4) is 22.7 Å². The molecule has 93 valence electrons. The van der Waals surface area contributed by atoms with Crippen molar-refractivity contribution in [2.45, 2.75) is 0 Å². The van der Waals surface area contributed by atoms with Gasteiger partial charge in [0.2, 0.25) is 12.2 Å². The molecule has 4 heteroatoms. The van der Waals surface area contributed by atoms with Gasteiger partial charge in [0, 0.05) is 21.2 Å². The van der Waals surface area contributed by atoms with Crippen molar-refractivity contribution in [2.24, 2.45) is 0 Å². The Morgan fingerprint density at radius 3 is 1.89 bits per heavy atom. The Kier molecular flexibility index (Phi) is 3.28. The van der Waals surface area contributed by atoms with E-state index >= 15 is 0 Å². The third kappa shape index (κ3) is 2.65. The van der Waals surface area contributed by atoms with E-state index in [0.717, 1.165) is 11.1 Å². The smallest absolute Gasteiger partial charge is 0.227 e. The first-order valence-corrected chi connectivity index (χ1v) is 6.38. The van der Waals surface area contributed by atoms with Crippen molar-refractivity contribution >= 4 is 23.2 Å². The molecule has 0 bridgehead atoms. The minimum Gasteiger partial charge on any atom is -0.432 e. The fourth-order valence-corrected chi connectivity index (χ4v) is 1.94. The van der Waals surface area contributed by atoms with E-state index in [1.54, 1.807) is 24.3 Å². The van der Waals surface area contributed by atoms with Crippen LogP contribution in [0.15, 0.2) is 52.9 Å². The maximum absolute atomic E-state index is 5.85. The molecule has 3 rings (SSSR count). The second kappa shape index (κ2) is 5.08. The first-order chi connectivity index (χ1) is 9.22. The van der Waals surface area contributed by atoms with Crippen LogP contribution in [0.3, 0.4) is 0 Å². The lowest BCUT2D eigenvalue weighted by Gasteiger charge is -1.96. The van der Waals surface area contributed by atoms with Gasteiger partial charge in [0.1, 0.15) is 5.69 Å². The number of rotatable bonds is 2. The Balaban J connectivity index is 1.95. The van der Waals surface area contributed by atoms with Crippen LogP contribution in [0.1, 0.15) is 0 Å². The zero-order chi connectivity index (χ0) is 13.2. The Hall–Kier alpha value is -1.77. The van der Waals surface area contributed by atoms with Crippen molar-refractivity contribution in [3.63, 3.8) is 0 Å². The van der Waals surface area contributed by atoms with Crippen LogP contribution in [0.2, 0.25) is 10.0 Å². The molecule has 1 aromatic heterocycles. The lowest BCUT2D eigenvalue weighted by Crippen LogP contribution is -1.79. The summed E-state index contributed by atoms with van der Waals surface area (Å²) in [5.74, 6) is 0.515. The molecule has 0 aliphatic rings. The zero-order valence-electron chi connectivity index (χ0n) is 9.73. The molecule has 3 aromatic rings. The quantitative estimate of drug-likeness (QED) is 0.654. The van der Waals surface area contributed by atoms with Crippen molar-refractivity contribution in [1.29, 1.82) is 0 Å². The molecule has 0 aliphatic carbocycles. The minimum absolute atomic E-state index is 0.515. The highest BCUT2D eigenvalue weighted by Gasteiger charge is 2.09. The second-order valence-electron chi connectivity index (χ2n) is 3.98. The standard InChI is InChI=1S/C15H8Cl2NO/c16-12-5-1-10(2-6-12)14-9-19-15(18-14)11-3-7-13(17)8-4-11/h1-8H. The maximum Gasteiger partial charge on any atom is 0.227 e. The van der Waals surface area contributed by atoms with Gasteiger partial charge < -0.3 is 4.42 Å². The summed E-state index contributed by atoms with van der Waals surface area (Å²) < 4.78 is 5.36. The van der Waals surface area contributed by atoms with Crippen LogP contribution in [0, 0.1) is 6.26 Å². The molecule has 0 fully saturated rings. The Bertz CT molecular complexity index is 627. The summed E-state index contributed by atoms with van der Waals surface area (Å²) in [5.41, 5.74) is 2.43. The summed E-state index contributed by atoms with van der Waals surface area (Å²) >= 11 is 11.7. The fraction of sp³-hybridized carbons (Fsp3) is 0. The second-order valence-corrected chi connectivity index (χ2v) is 4.86. The predicted octanol–water partition coefficient (Wildman–Crippen LogP) is 5.12. The van der Waals surface area contributed by atoms with Crippen LogP contribution < -0.4 is 0 Å². The van der Waals surface area contributed by atoms with E-state index in [2.05, 4.69) is 11.2 Å². The van der Waals surface area contributed by atoms with E-state index < -0.39 is 0 Å². The van der Waals surface area contributed by atoms with Gasteiger partial charge in [-0.2, -0.15) is 0 Å². The van der Waals surface area contributed by atoms with Gasteiger partial charge in [0.05, 0.1) is 0 Å². The first-order valence-electron chi connectivity index (χ1n) is 5.63. The van der Waals surface area contributed by atoms with Gasteiger partial charge in [-0.3, -0.25) is 0 Å². The van der Waals surface area contributed by atoms with Gasteiger partial charge in [-0.15, -0.1) is 0 Å². The number of hydrogen-bond donors (Lipinski definition) is 0. The molecule has 2 aromatic carbocycles. The van der Waals surface area contributed by atoms with Crippen molar-refractivity contribution in [3.05, 3.63) is 64.8 Å². The molecule has 0 unspecified atom stereocenters. The van der Waals surface area contributed by atoms with E-state index in [0.29, 0.717) is 21.6 Å². The Morgan fingerprint density at radius 1 is 0.789 bits per heavy atom. The number of nitrogens with zero attached hydrogens (tertiary/aromatic N) is 1. The molecule has 1 radical (unpaired) electrons. The lowest BCUT2D eigenvalue weighted by atomic mass is 10.2. The summed E-state index contributed by atoms with van der Waals surface area (Å²) in [6.07, 6.45) is 2.79. The molecule has 0 aliphatic heterocycles. The highest BCUT2D eigenvalue weighted by atomic mass is 35.5. The topological polar surface area (TPSA) is 26.0 Å². The summed E-state index contributed by atoms with van der Waals surface area (Å²) in [5, 5.41) is 1.36. The number of benzene rings is 2. The molecular formula is C15H8Cl2NO. The van der Waals surface area contributed by atoms with Gasteiger partial charge in [-0.1, -0.05) is 35.3 Å². The largest absolute Gasteiger partial charge is 0.432 e. The molecule has 2 nitrogen and oxygen atoms in total. The minimum atomic E-state index is 0.515. The molecule has 1 heterocycles. The predicted molar refractivity (Wildman–Crippen MR) is 76.2 cm³/mol. The third-order valence-corrected chi connectivity index (χ3v) is 3.17. The van der Waals surface area contributed by atoms with E-state index in [4.69, 9.17) is 27.6 Å². The van der Waals surface area contributed by atoms with Crippen LogP contribution in [0.4, 0.5) is 0 Å². The SMILES string of the molecule is Clc1ccc(-c2[c]oc(-c3ccc(Cl)cc3)n2)cc1. The van der Waals surface area contributed by atoms with Crippen LogP contribution in [0.25, 0.3) is 22.7 Å². The summed E-state index contributed by atoms with van der Waals surface area (Å²) in [6.45, 7) is 0. The summed E-state index contributed by atoms with van der Waals surface area (Å²) in [6, 6.07) is 14.7. The fourth-order valence-electron chi connectivity index (χ4n) is 1.69. The molecule has 0 amide bonds. The number of aromatic nitrogens is 1. The molecule has 0 saturated heterocycles. The lowest BCUT2D eigenvalue weighted by molar-refractivity contribution is 0.566. The van der Waals surface area contributed by atoms with Crippen LogP contribution in [-0.4, -0.2) is 4.98 Å². The first kappa shape index (κ1) is 12.3. The van der Waals surface area contributed by atoms with Gasteiger partial charge in [0.15, 0.2) is 0 Å². The molecule has 19 heavy (non-hydrogen) atoms. The molecular weight excluding hydrogens is 281 g/mol. The van der Waals surface area contributed by atoms with Gasteiger partial charge in [-0.05, 0) is 36.4 Å². The zero-order valence-corrected chi connectivity index (χ0v) is 11.2. The summed E-state index contributed by atoms with van der Waals surface area (Å²) in [7, 11) is 0. The average molecular weight is 289 g/mol. The van der Waals surface area contributed by atoms with E-state index in [1.165, 1.54) is 0 Å². The number of oxazole rings is 1. The third-order valence-electron chi connectivity index (χ3n) is 2.67. The van der Waals surface area contributed by atoms with Gasteiger partial charge in [0.25, 0.3) is 0 Å². The highest BCUT2D eigenvalue weighted by molar-refractivity contribution is 6.30. The average Bonchev–Trinajstić information content (AvgIpc) is 2.90. The van der Waals surface area contributed by atoms with Crippen LogP contribution >= 0.6 is 23.2 Å². The molecule has 0 spiro atoms. The van der Waals surface area contributed by atoms with Gasteiger partial charge in [-0.25, -0.2) is 4.98 Å². The summed E-state index contributed by atoms with van der Waals surface area (Å²) in [4.78, 5) is 4.40. The number of hydrogen-bond acceptors (Lipinski definition) is 2. The van der Waals surface area contributed by atoms with Crippen molar-refractivity contribution in [1.82, 2.24) is 4.98 Å². The Labute approximate surface area is 120 Å². The molecule has 0 N–H and O–H groups in total. The van der Waals surface area contributed by atoms with Crippen molar-refractivity contribution < 1.29 is 4.42 Å². The highest BCUT2D eigenvalue weighted by Crippen LogP contribution is 2.25. The van der Waals surface area contributed by atoms with E-state index in [9.17, 15) is 0 Å². The maximum atomic E-state index is 5.85.